The molecule has 1 aliphatic heterocycles. The van der Waals surface area contributed by atoms with Gasteiger partial charge in [-0.1, -0.05) is 12.5 Å². The first-order valence-corrected chi connectivity index (χ1v) is 10.4. The molecule has 4 rings (SSSR count). The van der Waals surface area contributed by atoms with Crippen molar-refractivity contribution in [1.82, 2.24) is 10.3 Å². The first-order chi connectivity index (χ1) is 12.7. The second-order valence-corrected chi connectivity index (χ2v) is 8.49. The number of nitrogens with one attached hydrogen (secondary N) is 1. The topological polar surface area (TPSA) is 71.2 Å². The molecule has 26 heavy (non-hydrogen) atoms. The highest BCUT2D eigenvalue weighted by atomic mass is 16.1. The van der Waals surface area contributed by atoms with Gasteiger partial charge in [-0.3, -0.25) is 4.79 Å². The van der Waals surface area contributed by atoms with E-state index in [0.717, 1.165) is 37.3 Å². The molecule has 2 atom stereocenters. The number of piperidine rings is 1. The highest BCUT2D eigenvalue weighted by Crippen LogP contribution is 2.41. The van der Waals surface area contributed by atoms with E-state index in [0.29, 0.717) is 24.4 Å². The Bertz CT molecular complexity index is 597. The average Bonchev–Trinajstić information content (AvgIpc) is 2.67. The van der Waals surface area contributed by atoms with Crippen molar-refractivity contribution in [2.24, 2.45) is 23.5 Å². The van der Waals surface area contributed by atoms with Gasteiger partial charge < -0.3 is 16.0 Å². The van der Waals surface area contributed by atoms with Crippen LogP contribution in [0, 0.1) is 17.8 Å². The van der Waals surface area contributed by atoms with Crippen molar-refractivity contribution in [1.29, 1.82) is 0 Å². The van der Waals surface area contributed by atoms with Gasteiger partial charge in [-0.25, -0.2) is 4.98 Å². The predicted octanol–water partition coefficient (Wildman–Crippen LogP) is 2.84. The molecule has 5 nitrogen and oxygen atoms in total. The van der Waals surface area contributed by atoms with Gasteiger partial charge in [0.05, 0.1) is 0 Å². The van der Waals surface area contributed by atoms with E-state index in [2.05, 4.69) is 27.3 Å². The molecule has 1 aromatic rings. The predicted molar refractivity (Wildman–Crippen MR) is 104 cm³/mol. The third-order valence-electron chi connectivity index (χ3n) is 6.74. The zero-order chi connectivity index (χ0) is 17.9. The molecular weight excluding hydrogens is 324 g/mol. The number of hydrogen-bond acceptors (Lipinski definition) is 4. The highest BCUT2D eigenvalue weighted by Gasteiger charge is 2.40. The molecule has 2 heterocycles. The molecule has 3 aliphatic rings. The van der Waals surface area contributed by atoms with E-state index in [9.17, 15) is 4.79 Å². The van der Waals surface area contributed by atoms with Crippen LogP contribution < -0.4 is 16.0 Å². The number of nitrogens with two attached hydrogens (primary N) is 1. The lowest BCUT2D eigenvalue weighted by molar-refractivity contribution is -0.128. The van der Waals surface area contributed by atoms with Crippen LogP contribution in [0.2, 0.25) is 0 Å². The normalized spacial score (nSPS) is 31.5. The largest absolute Gasteiger partial charge is 0.357 e. The smallest absolute Gasteiger partial charge is 0.223 e. The minimum atomic E-state index is 0.144. The van der Waals surface area contributed by atoms with Gasteiger partial charge in [0.1, 0.15) is 5.82 Å². The maximum absolute atomic E-state index is 12.6. The number of amides is 1. The van der Waals surface area contributed by atoms with E-state index in [1.165, 1.54) is 38.5 Å². The summed E-state index contributed by atoms with van der Waals surface area (Å²) in [6, 6.07) is 4.51. The molecule has 5 heteroatoms. The summed E-state index contributed by atoms with van der Waals surface area (Å²) in [5, 5.41) is 3.14. The summed E-state index contributed by atoms with van der Waals surface area (Å²) in [5.74, 6) is 2.50. The van der Waals surface area contributed by atoms with Gasteiger partial charge in [0.2, 0.25) is 5.91 Å². The first-order valence-electron chi connectivity index (χ1n) is 10.4. The Kier molecular flexibility index (Phi) is 5.44. The highest BCUT2D eigenvalue weighted by molar-refractivity contribution is 5.78. The molecule has 142 valence electrons. The van der Waals surface area contributed by atoms with Crippen molar-refractivity contribution in [3.63, 3.8) is 0 Å². The minimum absolute atomic E-state index is 0.144. The van der Waals surface area contributed by atoms with E-state index >= 15 is 0 Å². The van der Waals surface area contributed by atoms with Gasteiger partial charge in [-0.15, -0.1) is 0 Å². The number of carbonyl (C=O) groups is 1. The standard InChI is InChI=1S/C21H32N4O/c22-20-16-5-4-6-17(20)12-18(11-16)21(26)24-14-15-7-8-19(23-13-15)25-9-2-1-3-10-25/h7-8,13,16-18,20H,1-6,9-12,14,22H2,(H,24,26). The van der Waals surface area contributed by atoms with E-state index in [-0.39, 0.29) is 11.8 Å². The summed E-state index contributed by atoms with van der Waals surface area (Å²) in [4.78, 5) is 19.6. The molecule has 2 saturated carbocycles. The average molecular weight is 357 g/mol. The van der Waals surface area contributed by atoms with E-state index in [1.54, 1.807) is 0 Å². The van der Waals surface area contributed by atoms with Crippen LogP contribution in [-0.4, -0.2) is 30.0 Å². The summed E-state index contributed by atoms with van der Waals surface area (Å²) in [6.45, 7) is 2.79. The SMILES string of the molecule is NC1C2CCCC1CC(C(=O)NCc1ccc(N3CCCCC3)nc1)C2. The van der Waals surface area contributed by atoms with Crippen LogP contribution in [0.1, 0.15) is 56.9 Å². The van der Waals surface area contributed by atoms with Crippen molar-refractivity contribution >= 4 is 11.7 Å². The van der Waals surface area contributed by atoms with Gasteiger partial charge in [-0.05, 0) is 68.4 Å². The maximum Gasteiger partial charge on any atom is 0.223 e. The van der Waals surface area contributed by atoms with Crippen molar-refractivity contribution < 1.29 is 4.79 Å². The fraction of sp³-hybridized carbons (Fsp3) is 0.714. The lowest BCUT2D eigenvalue weighted by atomic mass is 9.65. The van der Waals surface area contributed by atoms with Gasteiger partial charge in [0, 0.05) is 37.8 Å². The molecule has 2 unspecified atom stereocenters. The number of aromatic nitrogens is 1. The van der Waals surface area contributed by atoms with Crippen molar-refractivity contribution in [3.8, 4) is 0 Å². The molecule has 3 N–H and O–H groups in total. The molecule has 0 spiro atoms. The van der Waals surface area contributed by atoms with E-state index in [4.69, 9.17) is 5.73 Å². The Hall–Kier alpha value is -1.62. The fourth-order valence-electron chi connectivity index (χ4n) is 5.17. The molecule has 1 amide bonds. The van der Waals surface area contributed by atoms with Gasteiger partial charge in [-0.2, -0.15) is 0 Å². The van der Waals surface area contributed by atoms with Crippen molar-refractivity contribution in [2.45, 2.75) is 64.0 Å². The van der Waals surface area contributed by atoms with Crippen LogP contribution in [0.3, 0.4) is 0 Å². The minimum Gasteiger partial charge on any atom is -0.357 e. The number of carbonyl (C=O) groups excluding carboxylic acids is 1. The number of rotatable bonds is 4. The molecule has 2 bridgehead atoms. The summed E-state index contributed by atoms with van der Waals surface area (Å²) in [7, 11) is 0. The summed E-state index contributed by atoms with van der Waals surface area (Å²) < 4.78 is 0. The zero-order valence-electron chi connectivity index (χ0n) is 15.7. The fourth-order valence-corrected chi connectivity index (χ4v) is 5.17. The summed E-state index contributed by atoms with van der Waals surface area (Å²) >= 11 is 0. The summed E-state index contributed by atoms with van der Waals surface area (Å²) in [6.07, 6.45) is 11.4. The van der Waals surface area contributed by atoms with Crippen LogP contribution >= 0.6 is 0 Å². The van der Waals surface area contributed by atoms with Crippen LogP contribution in [0.5, 0.6) is 0 Å². The maximum atomic E-state index is 12.6. The number of anilines is 1. The Morgan fingerprint density at radius 1 is 1.12 bits per heavy atom. The Labute approximate surface area is 156 Å². The molecule has 0 radical (unpaired) electrons. The Morgan fingerprint density at radius 3 is 2.50 bits per heavy atom. The Balaban J connectivity index is 1.29. The molecule has 3 fully saturated rings. The summed E-state index contributed by atoms with van der Waals surface area (Å²) in [5.41, 5.74) is 7.42. The zero-order valence-corrected chi connectivity index (χ0v) is 15.7. The molecule has 0 aromatic carbocycles. The molecule has 1 aromatic heterocycles. The number of nitrogens with zero attached hydrogens (tertiary/aromatic N) is 2. The molecular formula is C21H32N4O. The molecule has 2 aliphatic carbocycles. The van der Waals surface area contributed by atoms with Crippen LogP contribution in [0.25, 0.3) is 0 Å². The molecule has 1 saturated heterocycles. The number of fused-ring (bicyclic) bond motifs is 2. The van der Waals surface area contributed by atoms with Crippen LogP contribution in [0.4, 0.5) is 5.82 Å². The second kappa shape index (κ2) is 7.95. The van der Waals surface area contributed by atoms with Crippen LogP contribution in [0.15, 0.2) is 18.3 Å². The van der Waals surface area contributed by atoms with Crippen LogP contribution in [-0.2, 0) is 11.3 Å². The lowest BCUT2D eigenvalue weighted by Gasteiger charge is -2.43. The quantitative estimate of drug-likeness (QED) is 0.870. The van der Waals surface area contributed by atoms with Gasteiger partial charge >= 0.3 is 0 Å². The lowest BCUT2D eigenvalue weighted by Crippen LogP contribution is -2.49. The second-order valence-electron chi connectivity index (χ2n) is 8.49. The number of pyridine rings is 1. The monoisotopic (exact) mass is 356 g/mol. The van der Waals surface area contributed by atoms with E-state index in [1.807, 2.05) is 6.20 Å². The van der Waals surface area contributed by atoms with Crippen molar-refractivity contribution in [3.05, 3.63) is 23.9 Å². The third-order valence-corrected chi connectivity index (χ3v) is 6.74. The number of hydrogen-bond donors (Lipinski definition) is 2. The van der Waals surface area contributed by atoms with Gasteiger partial charge in [0.15, 0.2) is 0 Å². The first kappa shape index (κ1) is 17.8. The third kappa shape index (κ3) is 3.88. The van der Waals surface area contributed by atoms with Crippen molar-refractivity contribution in [2.75, 3.05) is 18.0 Å². The van der Waals surface area contributed by atoms with Gasteiger partial charge in [0.25, 0.3) is 0 Å². The van der Waals surface area contributed by atoms with E-state index < -0.39 is 0 Å². The Morgan fingerprint density at radius 2 is 1.85 bits per heavy atom.